The fourth-order valence-corrected chi connectivity index (χ4v) is 2.13. The summed E-state index contributed by atoms with van der Waals surface area (Å²) in [6.07, 6.45) is 5.50. The molecule has 1 aromatic heterocycles. The Morgan fingerprint density at radius 2 is 2.13 bits per heavy atom. The topological polar surface area (TPSA) is 49.2 Å². The molecule has 0 amide bonds. The van der Waals surface area contributed by atoms with Crippen LogP contribution < -0.4 is 4.90 Å². The quantitative estimate of drug-likeness (QED) is 0.654. The Balaban J connectivity index is 2.27. The van der Waals surface area contributed by atoms with E-state index in [0.717, 1.165) is 18.5 Å². The van der Waals surface area contributed by atoms with Crippen molar-refractivity contribution >= 4 is 5.69 Å². The standard InChI is InChI=1S/C19H21N3O/c1-3-5-6-9-13-22(12-4-2)16-14-18(21-20-15-16)17-10-7-8-11-19(17)23/h4,7-8,10-11,14-15,23H,2-3,5,12-13H2,1H3. The van der Waals surface area contributed by atoms with Gasteiger partial charge in [-0.1, -0.05) is 31.1 Å². The van der Waals surface area contributed by atoms with Gasteiger partial charge in [0.2, 0.25) is 0 Å². The van der Waals surface area contributed by atoms with Gasteiger partial charge >= 0.3 is 0 Å². The number of phenols is 1. The maximum Gasteiger partial charge on any atom is 0.125 e. The highest BCUT2D eigenvalue weighted by Crippen LogP contribution is 2.28. The summed E-state index contributed by atoms with van der Waals surface area (Å²) < 4.78 is 0. The molecule has 23 heavy (non-hydrogen) atoms. The molecule has 1 N–H and O–H groups in total. The lowest BCUT2D eigenvalue weighted by molar-refractivity contribution is 0.477. The van der Waals surface area contributed by atoms with E-state index in [0.29, 0.717) is 24.3 Å². The second kappa shape index (κ2) is 8.60. The highest BCUT2D eigenvalue weighted by molar-refractivity contribution is 5.69. The molecule has 4 heteroatoms. The van der Waals surface area contributed by atoms with Crippen LogP contribution >= 0.6 is 0 Å². The van der Waals surface area contributed by atoms with Crippen LogP contribution in [0.4, 0.5) is 5.69 Å². The highest BCUT2D eigenvalue weighted by atomic mass is 16.3. The molecule has 118 valence electrons. The molecule has 0 saturated carbocycles. The lowest BCUT2D eigenvalue weighted by Crippen LogP contribution is -2.23. The average Bonchev–Trinajstić information content (AvgIpc) is 2.58. The molecule has 2 aromatic rings. The summed E-state index contributed by atoms with van der Waals surface area (Å²) in [5, 5.41) is 18.2. The van der Waals surface area contributed by atoms with E-state index < -0.39 is 0 Å². The predicted octanol–water partition coefficient (Wildman–Crippen LogP) is 3.65. The van der Waals surface area contributed by atoms with Crippen molar-refractivity contribution < 1.29 is 5.11 Å². The summed E-state index contributed by atoms with van der Waals surface area (Å²) in [6, 6.07) is 9.01. The number of para-hydroxylation sites is 1. The highest BCUT2D eigenvalue weighted by Gasteiger charge is 2.09. The SMILES string of the molecule is C=CCN(CC#CCCC)c1cnnc(-c2ccccc2O)c1. The third-order valence-corrected chi connectivity index (χ3v) is 3.30. The van der Waals surface area contributed by atoms with Crippen molar-refractivity contribution in [3.63, 3.8) is 0 Å². The van der Waals surface area contributed by atoms with Crippen molar-refractivity contribution in [2.24, 2.45) is 0 Å². The molecule has 0 aliphatic rings. The molecule has 0 aliphatic heterocycles. The van der Waals surface area contributed by atoms with Crippen LogP contribution in [0, 0.1) is 11.8 Å². The summed E-state index contributed by atoms with van der Waals surface area (Å²) in [4.78, 5) is 2.08. The number of anilines is 1. The molecule has 0 saturated heterocycles. The molecule has 0 bridgehead atoms. The first-order valence-corrected chi connectivity index (χ1v) is 7.69. The van der Waals surface area contributed by atoms with Gasteiger partial charge in [0, 0.05) is 18.5 Å². The van der Waals surface area contributed by atoms with Crippen molar-refractivity contribution in [3.8, 4) is 28.8 Å². The first-order valence-electron chi connectivity index (χ1n) is 7.69. The fraction of sp³-hybridized carbons (Fsp3) is 0.263. The third kappa shape index (κ3) is 4.58. The van der Waals surface area contributed by atoms with E-state index >= 15 is 0 Å². The summed E-state index contributed by atoms with van der Waals surface area (Å²) in [7, 11) is 0. The Labute approximate surface area is 137 Å². The van der Waals surface area contributed by atoms with E-state index in [1.165, 1.54) is 0 Å². The van der Waals surface area contributed by atoms with E-state index in [4.69, 9.17) is 0 Å². The van der Waals surface area contributed by atoms with Gasteiger partial charge in [-0.05, 0) is 24.6 Å². The van der Waals surface area contributed by atoms with Crippen LogP contribution in [-0.2, 0) is 0 Å². The van der Waals surface area contributed by atoms with Crippen LogP contribution in [-0.4, -0.2) is 28.4 Å². The zero-order valence-corrected chi connectivity index (χ0v) is 13.4. The summed E-state index contributed by atoms with van der Waals surface area (Å²) in [5.74, 6) is 6.51. The van der Waals surface area contributed by atoms with Crippen molar-refractivity contribution in [1.82, 2.24) is 10.2 Å². The average molecular weight is 307 g/mol. The maximum absolute atomic E-state index is 9.98. The second-order valence-corrected chi connectivity index (χ2v) is 5.09. The first-order chi connectivity index (χ1) is 11.3. The number of unbranched alkanes of at least 4 members (excludes halogenated alkanes) is 1. The largest absolute Gasteiger partial charge is 0.507 e. The van der Waals surface area contributed by atoms with Gasteiger partial charge < -0.3 is 10.0 Å². The van der Waals surface area contributed by atoms with Crippen LogP contribution in [0.3, 0.4) is 0 Å². The minimum atomic E-state index is 0.192. The van der Waals surface area contributed by atoms with E-state index in [2.05, 4.69) is 40.4 Å². The van der Waals surface area contributed by atoms with Crippen LogP contribution in [0.25, 0.3) is 11.3 Å². The Kier molecular flexibility index (Phi) is 6.19. The number of hydrogen-bond donors (Lipinski definition) is 1. The number of rotatable bonds is 6. The lowest BCUT2D eigenvalue weighted by Gasteiger charge is -2.20. The zero-order valence-electron chi connectivity index (χ0n) is 13.4. The normalized spacial score (nSPS) is 9.78. The Hall–Kier alpha value is -2.80. The maximum atomic E-state index is 9.98. The monoisotopic (exact) mass is 307 g/mol. The van der Waals surface area contributed by atoms with Gasteiger partial charge in [0.15, 0.2) is 0 Å². The molecule has 1 aromatic carbocycles. The van der Waals surface area contributed by atoms with Gasteiger partial charge in [-0.2, -0.15) is 10.2 Å². The smallest absolute Gasteiger partial charge is 0.125 e. The minimum absolute atomic E-state index is 0.192. The Bertz CT molecular complexity index is 716. The number of nitrogens with zero attached hydrogens (tertiary/aromatic N) is 3. The second-order valence-electron chi connectivity index (χ2n) is 5.09. The van der Waals surface area contributed by atoms with Crippen LogP contribution in [0.2, 0.25) is 0 Å². The van der Waals surface area contributed by atoms with E-state index in [1.54, 1.807) is 18.3 Å². The van der Waals surface area contributed by atoms with E-state index in [1.807, 2.05) is 24.3 Å². The number of phenolic OH excluding ortho intramolecular Hbond substituents is 1. The number of aromatic nitrogens is 2. The third-order valence-electron chi connectivity index (χ3n) is 3.30. The molecule has 0 unspecified atom stereocenters. The fourth-order valence-electron chi connectivity index (χ4n) is 2.13. The molecule has 0 atom stereocenters. The van der Waals surface area contributed by atoms with Crippen LogP contribution in [0.5, 0.6) is 5.75 Å². The van der Waals surface area contributed by atoms with Gasteiger partial charge in [0.05, 0.1) is 24.1 Å². The molecule has 0 spiro atoms. The molecule has 1 heterocycles. The molecular formula is C19H21N3O. The molecule has 0 radical (unpaired) electrons. The molecule has 2 rings (SSSR count). The number of benzene rings is 1. The van der Waals surface area contributed by atoms with E-state index in [9.17, 15) is 5.11 Å². The van der Waals surface area contributed by atoms with Crippen molar-refractivity contribution in [3.05, 3.63) is 49.2 Å². The van der Waals surface area contributed by atoms with Gasteiger partial charge in [0.25, 0.3) is 0 Å². The summed E-state index contributed by atoms with van der Waals surface area (Å²) in [6.45, 7) is 7.19. The molecular weight excluding hydrogens is 286 g/mol. The first kappa shape index (κ1) is 16.6. The number of aromatic hydroxyl groups is 1. The number of hydrogen-bond acceptors (Lipinski definition) is 4. The molecule has 0 aliphatic carbocycles. The van der Waals surface area contributed by atoms with Gasteiger partial charge in [0.1, 0.15) is 5.75 Å². The van der Waals surface area contributed by atoms with Crippen molar-refractivity contribution in [2.45, 2.75) is 19.8 Å². The Morgan fingerprint density at radius 3 is 2.87 bits per heavy atom. The van der Waals surface area contributed by atoms with E-state index in [-0.39, 0.29) is 5.75 Å². The Morgan fingerprint density at radius 1 is 1.30 bits per heavy atom. The summed E-state index contributed by atoms with van der Waals surface area (Å²) in [5.41, 5.74) is 2.21. The van der Waals surface area contributed by atoms with Gasteiger partial charge in [-0.25, -0.2) is 0 Å². The molecule has 4 nitrogen and oxygen atoms in total. The lowest BCUT2D eigenvalue weighted by atomic mass is 10.1. The van der Waals surface area contributed by atoms with Gasteiger partial charge in [-0.15, -0.1) is 12.5 Å². The predicted molar refractivity (Wildman–Crippen MR) is 94.2 cm³/mol. The van der Waals surface area contributed by atoms with Crippen molar-refractivity contribution in [2.75, 3.05) is 18.0 Å². The zero-order chi connectivity index (χ0) is 16.5. The molecule has 0 fully saturated rings. The van der Waals surface area contributed by atoms with Crippen LogP contribution in [0.15, 0.2) is 49.2 Å². The summed E-state index contributed by atoms with van der Waals surface area (Å²) >= 11 is 0. The van der Waals surface area contributed by atoms with Crippen LogP contribution in [0.1, 0.15) is 19.8 Å². The minimum Gasteiger partial charge on any atom is -0.507 e. The van der Waals surface area contributed by atoms with Gasteiger partial charge in [-0.3, -0.25) is 0 Å². The van der Waals surface area contributed by atoms with Crippen molar-refractivity contribution in [1.29, 1.82) is 0 Å².